The van der Waals surface area contributed by atoms with Gasteiger partial charge in [-0.3, -0.25) is 9.79 Å². The normalized spacial score (nSPS) is 16.9. The summed E-state index contributed by atoms with van der Waals surface area (Å²) in [5.41, 5.74) is -0.306. The number of carbonyl (C=O) groups excluding carboxylic acids is 1. The number of nitrogens with one attached hydrogen (secondary N) is 2. The van der Waals surface area contributed by atoms with Crippen LogP contribution in [0.1, 0.15) is 37.5 Å². The lowest BCUT2D eigenvalue weighted by atomic mass is 9.85. The van der Waals surface area contributed by atoms with Gasteiger partial charge in [-0.2, -0.15) is 0 Å². The number of nitrogens with zero attached hydrogens (tertiary/aromatic N) is 2. The Hall–Kier alpha value is -1.56. The van der Waals surface area contributed by atoms with Crippen LogP contribution in [-0.4, -0.2) is 50.5 Å². The maximum absolute atomic E-state index is 12.6. The van der Waals surface area contributed by atoms with E-state index in [1.165, 1.54) is 4.88 Å². The predicted molar refractivity (Wildman–Crippen MR) is 102 cm³/mol. The van der Waals surface area contributed by atoms with Crippen molar-refractivity contribution in [2.45, 2.75) is 39.0 Å². The SMILES string of the molecule is CCNC(=NCC1(C(=O)N(C)C)CCCC1)NCCc1cccs1. The molecule has 0 radical (unpaired) electrons. The van der Waals surface area contributed by atoms with Crippen LogP contribution in [0.15, 0.2) is 22.5 Å². The zero-order chi connectivity index (χ0) is 17.4. The van der Waals surface area contributed by atoms with Crippen molar-refractivity contribution in [3.05, 3.63) is 22.4 Å². The van der Waals surface area contributed by atoms with Crippen LogP contribution in [0.2, 0.25) is 0 Å². The number of carbonyl (C=O) groups is 1. The highest BCUT2D eigenvalue weighted by Gasteiger charge is 2.41. The van der Waals surface area contributed by atoms with Crippen molar-refractivity contribution >= 4 is 23.2 Å². The first-order chi connectivity index (χ1) is 11.6. The second kappa shape index (κ2) is 9.06. The fraction of sp³-hybridized carbons (Fsp3) is 0.667. The van der Waals surface area contributed by atoms with E-state index < -0.39 is 0 Å². The van der Waals surface area contributed by atoms with Gasteiger partial charge in [0.05, 0.1) is 12.0 Å². The van der Waals surface area contributed by atoms with E-state index in [9.17, 15) is 4.79 Å². The molecule has 1 saturated carbocycles. The third-order valence-corrected chi connectivity index (χ3v) is 5.48. The molecule has 2 rings (SSSR count). The Balaban J connectivity index is 1.96. The highest BCUT2D eigenvalue weighted by atomic mass is 32.1. The van der Waals surface area contributed by atoms with Gasteiger partial charge in [0.25, 0.3) is 0 Å². The van der Waals surface area contributed by atoms with Gasteiger partial charge in [-0.15, -0.1) is 11.3 Å². The third kappa shape index (κ3) is 4.97. The maximum Gasteiger partial charge on any atom is 0.230 e. The largest absolute Gasteiger partial charge is 0.357 e. The van der Waals surface area contributed by atoms with Gasteiger partial charge in [0, 0.05) is 32.1 Å². The smallest absolute Gasteiger partial charge is 0.230 e. The molecule has 1 aliphatic carbocycles. The van der Waals surface area contributed by atoms with Crippen LogP contribution >= 0.6 is 11.3 Å². The molecule has 0 bridgehead atoms. The molecular weight excluding hydrogens is 320 g/mol. The minimum atomic E-state index is -0.306. The minimum absolute atomic E-state index is 0.221. The number of amides is 1. The van der Waals surface area contributed by atoms with E-state index in [0.29, 0.717) is 6.54 Å². The first-order valence-electron chi connectivity index (χ1n) is 8.84. The lowest BCUT2D eigenvalue weighted by Gasteiger charge is -2.29. The van der Waals surface area contributed by atoms with Crippen molar-refractivity contribution in [1.82, 2.24) is 15.5 Å². The number of guanidine groups is 1. The lowest BCUT2D eigenvalue weighted by Crippen LogP contribution is -2.43. The molecule has 1 aromatic heterocycles. The molecule has 1 heterocycles. The molecule has 0 aliphatic heterocycles. The summed E-state index contributed by atoms with van der Waals surface area (Å²) in [4.78, 5) is 20.5. The minimum Gasteiger partial charge on any atom is -0.357 e. The second-order valence-corrected chi connectivity index (χ2v) is 7.67. The van der Waals surface area contributed by atoms with Gasteiger partial charge in [-0.1, -0.05) is 18.9 Å². The summed E-state index contributed by atoms with van der Waals surface area (Å²) < 4.78 is 0. The molecule has 0 unspecified atom stereocenters. The number of hydrogen-bond donors (Lipinski definition) is 2. The predicted octanol–water partition coefficient (Wildman–Crippen LogP) is 2.49. The summed E-state index contributed by atoms with van der Waals surface area (Å²) in [6, 6.07) is 4.23. The Bertz CT molecular complexity index is 533. The van der Waals surface area contributed by atoms with Crippen LogP contribution in [0, 0.1) is 5.41 Å². The Morgan fingerprint density at radius 1 is 1.33 bits per heavy atom. The van der Waals surface area contributed by atoms with Crippen molar-refractivity contribution in [2.75, 3.05) is 33.7 Å². The Kier molecular flexibility index (Phi) is 7.09. The van der Waals surface area contributed by atoms with Crippen molar-refractivity contribution in [1.29, 1.82) is 0 Å². The van der Waals surface area contributed by atoms with Crippen LogP contribution in [0.5, 0.6) is 0 Å². The summed E-state index contributed by atoms with van der Waals surface area (Å²) in [6.45, 7) is 4.30. The zero-order valence-electron chi connectivity index (χ0n) is 15.1. The van der Waals surface area contributed by atoms with Gasteiger partial charge >= 0.3 is 0 Å². The van der Waals surface area contributed by atoms with Gasteiger partial charge in [0.2, 0.25) is 5.91 Å². The molecule has 1 fully saturated rings. The van der Waals surface area contributed by atoms with E-state index in [4.69, 9.17) is 4.99 Å². The molecule has 2 N–H and O–H groups in total. The van der Waals surface area contributed by atoms with Gasteiger partial charge in [-0.25, -0.2) is 0 Å². The average molecular weight is 351 g/mol. The molecular formula is C18H30N4OS. The second-order valence-electron chi connectivity index (χ2n) is 6.64. The van der Waals surface area contributed by atoms with Gasteiger partial charge < -0.3 is 15.5 Å². The van der Waals surface area contributed by atoms with E-state index >= 15 is 0 Å². The summed E-state index contributed by atoms with van der Waals surface area (Å²) in [5.74, 6) is 1.03. The van der Waals surface area contributed by atoms with Crippen LogP contribution in [0.25, 0.3) is 0 Å². The molecule has 1 aromatic rings. The van der Waals surface area contributed by atoms with Crippen LogP contribution < -0.4 is 10.6 Å². The highest BCUT2D eigenvalue weighted by molar-refractivity contribution is 7.09. The molecule has 5 nitrogen and oxygen atoms in total. The number of hydrogen-bond acceptors (Lipinski definition) is 3. The summed E-state index contributed by atoms with van der Waals surface area (Å²) >= 11 is 1.78. The van der Waals surface area contributed by atoms with Gasteiger partial charge in [-0.05, 0) is 37.6 Å². The zero-order valence-corrected chi connectivity index (χ0v) is 15.9. The molecule has 24 heavy (non-hydrogen) atoms. The topological polar surface area (TPSA) is 56.7 Å². The number of aliphatic imine (C=N–C) groups is 1. The van der Waals surface area contributed by atoms with E-state index in [-0.39, 0.29) is 11.3 Å². The van der Waals surface area contributed by atoms with E-state index in [1.807, 2.05) is 14.1 Å². The maximum atomic E-state index is 12.6. The fourth-order valence-electron chi connectivity index (χ4n) is 3.30. The molecule has 0 aromatic carbocycles. The summed E-state index contributed by atoms with van der Waals surface area (Å²) in [6.07, 6.45) is 5.13. The number of thiophene rings is 1. The van der Waals surface area contributed by atoms with E-state index in [2.05, 4.69) is 35.1 Å². The standard InChI is InChI=1S/C18H30N4OS/c1-4-19-17(20-12-9-15-8-7-13-24-15)21-14-18(10-5-6-11-18)16(23)22(2)3/h7-8,13H,4-6,9-12,14H2,1-3H3,(H2,19,20,21). The molecule has 6 heteroatoms. The Morgan fingerprint density at radius 3 is 2.67 bits per heavy atom. The van der Waals surface area contributed by atoms with Gasteiger partial charge in [0.15, 0.2) is 5.96 Å². The molecule has 0 atom stereocenters. The highest BCUT2D eigenvalue weighted by Crippen LogP contribution is 2.39. The Labute approximate surface area is 149 Å². The van der Waals surface area contributed by atoms with E-state index in [0.717, 1.165) is 51.2 Å². The molecule has 0 saturated heterocycles. The first kappa shape index (κ1) is 18.8. The average Bonchev–Trinajstić information content (AvgIpc) is 3.24. The number of rotatable bonds is 7. The monoisotopic (exact) mass is 350 g/mol. The van der Waals surface area contributed by atoms with Crippen molar-refractivity contribution < 1.29 is 4.79 Å². The molecule has 1 amide bonds. The van der Waals surface area contributed by atoms with Gasteiger partial charge in [0.1, 0.15) is 0 Å². The Morgan fingerprint density at radius 2 is 2.08 bits per heavy atom. The van der Waals surface area contributed by atoms with Crippen LogP contribution in [0.3, 0.4) is 0 Å². The molecule has 134 valence electrons. The van der Waals surface area contributed by atoms with Crippen molar-refractivity contribution in [3.8, 4) is 0 Å². The fourth-order valence-corrected chi connectivity index (χ4v) is 4.01. The van der Waals surface area contributed by atoms with Crippen LogP contribution in [-0.2, 0) is 11.2 Å². The molecule has 0 spiro atoms. The lowest BCUT2D eigenvalue weighted by molar-refractivity contribution is -0.138. The van der Waals surface area contributed by atoms with Crippen molar-refractivity contribution in [3.63, 3.8) is 0 Å². The van der Waals surface area contributed by atoms with Crippen LogP contribution in [0.4, 0.5) is 0 Å². The van der Waals surface area contributed by atoms with E-state index in [1.54, 1.807) is 16.2 Å². The first-order valence-corrected chi connectivity index (χ1v) is 9.72. The molecule has 1 aliphatic rings. The quantitative estimate of drug-likeness (QED) is 0.587. The summed E-state index contributed by atoms with van der Waals surface area (Å²) in [5, 5.41) is 8.78. The third-order valence-electron chi connectivity index (χ3n) is 4.55. The summed E-state index contributed by atoms with van der Waals surface area (Å²) in [7, 11) is 3.69. The van der Waals surface area contributed by atoms with Crippen molar-refractivity contribution in [2.24, 2.45) is 10.4 Å².